The van der Waals surface area contributed by atoms with E-state index >= 15 is 0 Å². The summed E-state index contributed by atoms with van der Waals surface area (Å²) in [6, 6.07) is 11.8. The molecule has 8 nitrogen and oxygen atoms in total. The first-order chi connectivity index (χ1) is 14.4. The number of carbonyl (C=O) groups excluding carboxylic acids is 3. The summed E-state index contributed by atoms with van der Waals surface area (Å²) in [5.74, 6) is 0.188. The fourth-order valence-electron chi connectivity index (χ4n) is 3.56. The maximum absolute atomic E-state index is 13.1. The highest BCUT2D eigenvalue weighted by Gasteiger charge is 2.49. The number of amides is 4. The second-order valence-corrected chi connectivity index (χ2v) is 7.52. The summed E-state index contributed by atoms with van der Waals surface area (Å²) in [6.45, 7) is 4.18. The van der Waals surface area contributed by atoms with Gasteiger partial charge in [-0.2, -0.15) is 0 Å². The minimum atomic E-state index is -1.30. The van der Waals surface area contributed by atoms with Gasteiger partial charge in [0.2, 0.25) is 5.91 Å². The number of rotatable bonds is 4. The van der Waals surface area contributed by atoms with Crippen LogP contribution in [0.1, 0.15) is 24.5 Å². The molecule has 8 heteroatoms. The van der Waals surface area contributed by atoms with Crippen LogP contribution in [-0.2, 0) is 15.1 Å². The van der Waals surface area contributed by atoms with Crippen LogP contribution in [0.2, 0.25) is 0 Å². The van der Waals surface area contributed by atoms with Crippen LogP contribution >= 0.6 is 0 Å². The highest BCUT2D eigenvalue weighted by Crippen LogP contribution is 2.36. The van der Waals surface area contributed by atoms with Gasteiger partial charge >= 0.3 is 6.03 Å². The van der Waals surface area contributed by atoms with Gasteiger partial charge in [0.1, 0.15) is 12.1 Å². The first kappa shape index (κ1) is 19.8. The van der Waals surface area contributed by atoms with Gasteiger partial charge in [0.05, 0.1) is 13.2 Å². The monoisotopic (exact) mass is 409 g/mol. The quantitative estimate of drug-likeness (QED) is 0.757. The van der Waals surface area contributed by atoms with Gasteiger partial charge in [-0.25, -0.2) is 4.79 Å². The summed E-state index contributed by atoms with van der Waals surface area (Å²) in [5, 5.41) is 5.45. The fourth-order valence-corrected chi connectivity index (χ4v) is 3.56. The minimum absolute atomic E-state index is 0.376. The first-order valence-electron chi connectivity index (χ1n) is 9.78. The zero-order valence-corrected chi connectivity index (χ0v) is 16.9. The lowest BCUT2D eigenvalue weighted by Crippen LogP contribution is -2.42. The zero-order chi connectivity index (χ0) is 21.3. The summed E-state index contributed by atoms with van der Waals surface area (Å²) >= 11 is 0. The van der Waals surface area contributed by atoms with Crippen molar-refractivity contribution in [1.29, 1.82) is 0 Å². The molecule has 4 amide bonds. The lowest BCUT2D eigenvalue weighted by molar-refractivity contribution is -0.133. The van der Waals surface area contributed by atoms with Crippen molar-refractivity contribution in [1.82, 2.24) is 10.2 Å². The predicted octanol–water partition coefficient (Wildman–Crippen LogP) is 2.56. The number of urea groups is 1. The fraction of sp³-hybridized carbons (Fsp3) is 0.318. The second-order valence-electron chi connectivity index (χ2n) is 7.52. The topological polar surface area (TPSA) is 97.0 Å². The van der Waals surface area contributed by atoms with Gasteiger partial charge in [-0.05, 0) is 43.2 Å². The molecule has 2 aliphatic heterocycles. The normalized spacial score (nSPS) is 20.5. The highest BCUT2D eigenvalue weighted by atomic mass is 16.5. The minimum Gasteiger partial charge on any atom is -0.490 e. The number of anilines is 1. The summed E-state index contributed by atoms with van der Waals surface area (Å²) < 4.78 is 11.3. The number of hydrogen-bond acceptors (Lipinski definition) is 5. The number of carbonyl (C=O) groups is 3. The molecule has 156 valence electrons. The molecule has 2 aliphatic rings. The molecule has 0 spiro atoms. The Labute approximate surface area is 174 Å². The molecule has 0 saturated carbocycles. The standard InChI is InChI=1S/C22H23N3O5/c1-14-6-3-4-7-16(14)23-19(26)13-25-20(27)22(2,24-21(25)28)15-8-9-17-18(12-15)30-11-5-10-29-17/h3-4,6-9,12H,5,10-11,13H2,1-2H3,(H,23,26)(H,24,28)/t22-/m0/s1. The molecule has 1 atom stereocenters. The number of hydrogen-bond donors (Lipinski definition) is 2. The van der Waals surface area contributed by atoms with Crippen LogP contribution < -0.4 is 20.1 Å². The van der Waals surface area contributed by atoms with Crippen LogP contribution in [0.5, 0.6) is 11.5 Å². The SMILES string of the molecule is Cc1ccccc1NC(=O)CN1C(=O)N[C@@](C)(c2ccc3c(c2)OCCCO3)C1=O. The van der Waals surface area contributed by atoms with E-state index in [0.717, 1.165) is 16.9 Å². The third-order valence-corrected chi connectivity index (χ3v) is 5.32. The lowest BCUT2D eigenvalue weighted by atomic mass is 9.91. The van der Waals surface area contributed by atoms with Crippen LogP contribution in [0.15, 0.2) is 42.5 Å². The van der Waals surface area contributed by atoms with Crippen molar-refractivity contribution in [3.05, 3.63) is 53.6 Å². The van der Waals surface area contributed by atoms with E-state index in [2.05, 4.69) is 10.6 Å². The van der Waals surface area contributed by atoms with Gasteiger partial charge in [-0.3, -0.25) is 14.5 Å². The van der Waals surface area contributed by atoms with Crippen molar-refractivity contribution >= 4 is 23.5 Å². The maximum Gasteiger partial charge on any atom is 0.325 e. The van der Waals surface area contributed by atoms with E-state index in [4.69, 9.17) is 9.47 Å². The lowest BCUT2D eigenvalue weighted by Gasteiger charge is -2.23. The van der Waals surface area contributed by atoms with E-state index in [1.165, 1.54) is 0 Å². The molecule has 0 unspecified atom stereocenters. The largest absolute Gasteiger partial charge is 0.490 e. The average Bonchev–Trinajstić information content (AvgIpc) is 2.89. The molecule has 2 aromatic carbocycles. The molecule has 2 aromatic rings. The molecule has 1 saturated heterocycles. The van der Waals surface area contributed by atoms with Crippen LogP contribution in [-0.4, -0.2) is 42.5 Å². The molecule has 30 heavy (non-hydrogen) atoms. The maximum atomic E-state index is 13.1. The van der Waals surface area contributed by atoms with E-state index < -0.39 is 23.4 Å². The average molecular weight is 409 g/mol. The Balaban J connectivity index is 1.52. The Hall–Kier alpha value is -3.55. The van der Waals surface area contributed by atoms with Crippen molar-refractivity contribution in [3.8, 4) is 11.5 Å². The van der Waals surface area contributed by atoms with E-state index in [9.17, 15) is 14.4 Å². The van der Waals surface area contributed by atoms with Crippen LogP contribution in [0, 0.1) is 6.92 Å². The Bertz CT molecular complexity index is 1020. The molecule has 4 rings (SSSR count). The smallest absolute Gasteiger partial charge is 0.325 e. The summed E-state index contributed by atoms with van der Waals surface area (Å²) in [4.78, 5) is 39.0. The number of aryl methyl sites for hydroxylation is 1. The number of nitrogens with zero attached hydrogens (tertiary/aromatic N) is 1. The molecule has 0 aliphatic carbocycles. The van der Waals surface area contributed by atoms with E-state index in [1.807, 2.05) is 19.1 Å². The predicted molar refractivity (Wildman–Crippen MR) is 109 cm³/mol. The van der Waals surface area contributed by atoms with E-state index in [-0.39, 0.29) is 6.54 Å². The van der Waals surface area contributed by atoms with Crippen molar-refractivity contribution in [3.63, 3.8) is 0 Å². The van der Waals surface area contributed by atoms with Crippen molar-refractivity contribution < 1.29 is 23.9 Å². The van der Waals surface area contributed by atoms with Gasteiger partial charge in [0.25, 0.3) is 5.91 Å². The molecule has 1 fully saturated rings. The third kappa shape index (κ3) is 3.56. The zero-order valence-electron chi connectivity index (χ0n) is 16.9. The third-order valence-electron chi connectivity index (χ3n) is 5.32. The van der Waals surface area contributed by atoms with Crippen LogP contribution in [0.3, 0.4) is 0 Å². The van der Waals surface area contributed by atoms with Crippen LogP contribution in [0.4, 0.5) is 10.5 Å². The Morgan fingerprint density at radius 1 is 1.13 bits per heavy atom. The molecule has 2 heterocycles. The van der Waals surface area contributed by atoms with Crippen molar-refractivity contribution in [2.75, 3.05) is 25.1 Å². The van der Waals surface area contributed by atoms with Gasteiger partial charge < -0.3 is 20.1 Å². The van der Waals surface area contributed by atoms with Gasteiger partial charge in [0.15, 0.2) is 11.5 Å². The molecule has 2 N–H and O–H groups in total. The number of fused-ring (bicyclic) bond motifs is 1. The van der Waals surface area contributed by atoms with E-state index in [1.54, 1.807) is 37.3 Å². The Kier molecular flexibility index (Phi) is 5.07. The number of nitrogens with one attached hydrogen (secondary N) is 2. The number of benzene rings is 2. The Morgan fingerprint density at radius 2 is 1.87 bits per heavy atom. The van der Waals surface area contributed by atoms with E-state index in [0.29, 0.717) is 36.0 Å². The number of para-hydroxylation sites is 1. The van der Waals surface area contributed by atoms with Gasteiger partial charge in [-0.15, -0.1) is 0 Å². The summed E-state index contributed by atoms with van der Waals surface area (Å²) in [7, 11) is 0. The molecule has 0 bridgehead atoms. The molecule has 0 aromatic heterocycles. The first-order valence-corrected chi connectivity index (χ1v) is 9.78. The highest BCUT2D eigenvalue weighted by molar-refractivity contribution is 6.10. The van der Waals surface area contributed by atoms with Gasteiger partial charge in [0, 0.05) is 12.1 Å². The summed E-state index contributed by atoms with van der Waals surface area (Å²) in [6.07, 6.45) is 0.765. The molecular weight excluding hydrogens is 386 g/mol. The Morgan fingerprint density at radius 3 is 2.63 bits per heavy atom. The summed E-state index contributed by atoms with van der Waals surface area (Å²) in [5.41, 5.74) is 0.789. The number of ether oxygens (including phenoxy) is 2. The van der Waals surface area contributed by atoms with Crippen molar-refractivity contribution in [2.45, 2.75) is 25.8 Å². The van der Waals surface area contributed by atoms with Crippen molar-refractivity contribution in [2.24, 2.45) is 0 Å². The number of imide groups is 1. The molecular formula is C22H23N3O5. The second kappa shape index (κ2) is 7.70. The van der Waals surface area contributed by atoms with Gasteiger partial charge in [-0.1, -0.05) is 24.3 Å². The van der Waals surface area contributed by atoms with Crippen LogP contribution in [0.25, 0.3) is 0 Å². The molecule has 0 radical (unpaired) electrons.